The summed E-state index contributed by atoms with van der Waals surface area (Å²) in [5, 5.41) is 14.6. The van der Waals surface area contributed by atoms with Crippen LogP contribution in [0.3, 0.4) is 0 Å². The molecule has 3 rings (SSSR count). The largest absolute Gasteiger partial charge is 0.464 e. The van der Waals surface area contributed by atoms with Crippen LogP contribution in [0.4, 0.5) is 5.69 Å². The zero-order valence-electron chi connectivity index (χ0n) is 13.0. The van der Waals surface area contributed by atoms with Crippen LogP contribution in [0.1, 0.15) is 21.7 Å². The summed E-state index contributed by atoms with van der Waals surface area (Å²) in [5.74, 6) is -0.596. The van der Waals surface area contributed by atoms with Crippen molar-refractivity contribution < 1.29 is 9.53 Å². The van der Waals surface area contributed by atoms with Crippen LogP contribution in [0.25, 0.3) is 16.6 Å². The fourth-order valence-corrected chi connectivity index (χ4v) is 2.59. The summed E-state index contributed by atoms with van der Waals surface area (Å²) in [6, 6.07) is 7.60. The van der Waals surface area contributed by atoms with Crippen LogP contribution in [-0.4, -0.2) is 27.4 Å². The van der Waals surface area contributed by atoms with Crippen molar-refractivity contribution in [3.63, 3.8) is 0 Å². The van der Waals surface area contributed by atoms with Crippen LogP contribution >= 0.6 is 0 Å². The Morgan fingerprint density at radius 1 is 1.43 bits per heavy atom. The predicted octanol–water partition coefficient (Wildman–Crippen LogP) is 1.91. The van der Waals surface area contributed by atoms with Crippen LogP contribution in [0.5, 0.6) is 0 Å². The number of nitriles is 1. The quantitative estimate of drug-likeness (QED) is 0.729. The number of methoxy groups -OCH3 is 1. The van der Waals surface area contributed by atoms with Gasteiger partial charge in [0, 0.05) is 30.0 Å². The second-order valence-electron chi connectivity index (χ2n) is 5.19. The summed E-state index contributed by atoms with van der Waals surface area (Å²) < 4.78 is 8.13. The molecule has 2 aromatic heterocycles. The molecule has 7 nitrogen and oxygen atoms in total. The van der Waals surface area contributed by atoms with E-state index in [1.54, 1.807) is 9.25 Å². The number of nitrogens with two attached hydrogens (primary N) is 1. The van der Waals surface area contributed by atoms with Crippen molar-refractivity contribution in [2.24, 2.45) is 7.05 Å². The first-order chi connectivity index (χ1) is 11.0. The molecule has 0 saturated carbocycles. The molecule has 0 amide bonds. The Bertz CT molecular complexity index is 975. The minimum Gasteiger partial charge on any atom is -0.464 e. The number of carbonyl (C=O) groups is 1. The molecule has 0 fully saturated rings. The highest BCUT2D eigenvalue weighted by molar-refractivity contribution is 5.96. The first-order valence-corrected chi connectivity index (χ1v) is 6.91. The number of rotatable bonds is 2. The maximum Gasteiger partial charge on any atom is 0.357 e. The van der Waals surface area contributed by atoms with E-state index in [0.717, 1.165) is 16.6 Å². The Kier molecular flexibility index (Phi) is 3.30. The summed E-state index contributed by atoms with van der Waals surface area (Å²) >= 11 is 0. The van der Waals surface area contributed by atoms with Gasteiger partial charge in [-0.2, -0.15) is 10.4 Å². The molecular weight excluding hydrogens is 294 g/mol. The van der Waals surface area contributed by atoms with E-state index in [1.165, 1.54) is 13.3 Å². The molecule has 3 aromatic rings. The molecule has 0 atom stereocenters. The Balaban J connectivity index is 2.26. The van der Waals surface area contributed by atoms with Gasteiger partial charge in [-0.1, -0.05) is 0 Å². The molecule has 1 aromatic carbocycles. The normalized spacial score (nSPS) is 10.7. The highest BCUT2D eigenvalue weighted by Crippen LogP contribution is 2.27. The first kappa shape index (κ1) is 14.7. The minimum atomic E-state index is -0.596. The fourth-order valence-electron chi connectivity index (χ4n) is 2.59. The molecule has 0 aliphatic heterocycles. The van der Waals surface area contributed by atoms with Gasteiger partial charge in [-0.3, -0.25) is 4.68 Å². The number of hydrogen-bond acceptors (Lipinski definition) is 5. The lowest BCUT2D eigenvalue weighted by Gasteiger charge is -2.08. The third kappa shape index (κ3) is 2.12. The van der Waals surface area contributed by atoms with Crippen LogP contribution in [0.15, 0.2) is 24.4 Å². The van der Waals surface area contributed by atoms with Crippen molar-refractivity contribution in [3.8, 4) is 11.8 Å². The molecule has 116 valence electrons. The van der Waals surface area contributed by atoms with Crippen LogP contribution in [0, 0.1) is 18.3 Å². The van der Waals surface area contributed by atoms with Gasteiger partial charge in [0.2, 0.25) is 0 Å². The van der Waals surface area contributed by atoms with Crippen molar-refractivity contribution in [2.75, 3.05) is 12.8 Å². The van der Waals surface area contributed by atoms with E-state index >= 15 is 0 Å². The molecule has 0 aliphatic rings. The van der Waals surface area contributed by atoms with Gasteiger partial charge >= 0.3 is 5.97 Å². The zero-order chi connectivity index (χ0) is 16.7. The van der Waals surface area contributed by atoms with E-state index in [0.29, 0.717) is 5.69 Å². The summed E-state index contributed by atoms with van der Waals surface area (Å²) in [5.41, 5.74) is 8.90. The lowest BCUT2D eigenvalue weighted by Crippen LogP contribution is -2.11. The van der Waals surface area contributed by atoms with Crippen molar-refractivity contribution in [1.82, 2.24) is 14.3 Å². The Morgan fingerprint density at radius 2 is 2.17 bits per heavy atom. The molecule has 0 saturated heterocycles. The lowest BCUT2D eigenvalue weighted by atomic mass is 10.2. The average molecular weight is 309 g/mol. The monoisotopic (exact) mass is 309 g/mol. The summed E-state index contributed by atoms with van der Waals surface area (Å²) in [4.78, 5) is 12.0. The van der Waals surface area contributed by atoms with E-state index in [-0.39, 0.29) is 16.9 Å². The third-order valence-corrected chi connectivity index (χ3v) is 3.94. The van der Waals surface area contributed by atoms with E-state index in [1.807, 2.05) is 38.2 Å². The third-order valence-electron chi connectivity index (χ3n) is 3.94. The Hall–Kier alpha value is -3.27. The summed E-state index contributed by atoms with van der Waals surface area (Å²) in [6.07, 6.45) is 1.53. The number of benzene rings is 1. The number of aromatic nitrogens is 3. The second-order valence-corrected chi connectivity index (χ2v) is 5.19. The summed E-state index contributed by atoms with van der Waals surface area (Å²) in [6.45, 7) is 1.98. The topological polar surface area (TPSA) is 98.9 Å². The number of aryl methyl sites for hydroxylation is 2. The first-order valence-electron chi connectivity index (χ1n) is 6.91. The van der Waals surface area contributed by atoms with Gasteiger partial charge in [-0.05, 0) is 25.1 Å². The number of nitrogens with zero attached hydrogens (tertiary/aromatic N) is 4. The summed E-state index contributed by atoms with van der Waals surface area (Å²) in [7, 11) is 3.15. The van der Waals surface area contributed by atoms with Gasteiger partial charge in [-0.25, -0.2) is 4.79 Å². The maximum atomic E-state index is 12.0. The standard InChI is InChI=1S/C16H15N5O2/c1-9-12-5-4-11(6-13(12)19-20(9)2)21-8-10(7-17)14(18)15(21)16(22)23-3/h4-6,8H,18H2,1-3H3. The SMILES string of the molecule is COC(=O)c1c(N)c(C#N)cn1-c1ccc2c(C)n(C)nc2c1. The van der Waals surface area contributed by atoms with Gasteiger partial charge in [0.25, 0.3) is 0 Å². The van der Waals surface area contributed by atoms with Crippen LogP contribution in [0.2, 0.25) is 0 Å². The molecule has 2 heterocycles. The number of fused-ring (bicyclic) bond motifs is 1. The van der Waals surface area contributed by atoms with Gasteiger partial charge in [0.1, 0.15) is 6.07 Å². The van der Waals surface area contributed by atoms with E-state index in [2.05, 4.69) is 5.10 Å². The molecule has 23 heavy (non-hydrogen) atoms. The van der Waals surface area contributed by atoms with E-state index in [9.17, 15) is 4.79 Å². The molecule has 2 N–H and O–H groups in total. The number of anilines is 1. The smallest absolute Gasteiger partial charge is 0.357 e. The molecule has 0 bridgehead atoms. The zero-order valence-corrected chi connectivity index (χ0v) is 13.0. The maximum absolute atomic E-state index is 12.0. The van der Waals surface area contributed by atoms with Gasteiger partial charge in [-0.15, -0.1) is 0 Å². The molecule has 0 spiro atoms. The molecule has 7 heteroatoms. The van der Waals surface area contributed by atoms with E-state index < -0.39 is 5.97 Å². The van der Waals surface area contributed by atoms with Gasteiger partial charge in [0.15, 0.2) is 5.69 Å². The molecule has 0 aliphatic carbocycles. The van der Waals surface area contributed by atoms with Gasteiger partial charge in [0.05, 0.1) is 23.9 Å². The molecular formula is C16H15N5O2. The second kappa shape index (κ2) is 5.18. The predicted molar refractivity (Wildman–Crippen MR) is 85.2 cm³/mol. The number of nitrogen functional groups attached to an aromatic ring is 1. The van der Waals surface area contributed by atoms with Crippen molar-refractivity contribution in [1.29, 1.82) is 5.26 Å². The number of hydrogen-bond donors (Lipinski definition) is 1. The fraction of sp³-hybridized carbons (Fsp3) is 0.188. The Labute approximate surface area is 132 Å². The number of esters is 1. The highest BCUT2D eigenvalue weighted by Gasteiger charge is 2.22. The van der Waals surface area contributed by atoms with Crippen LogP contribution < -0.4 is 5.73 Å². The average Bonchev–Trinajstić information content (AvgIpc) is 3.03. The van der Waals surface area contributed by atoms with E-state index in [4.69, 9.17) is 15.7 Å². The van der Waals surface area contributed by atoms with Crippen molar-refractivity contribution in [3.05, 3.63) is 41.3 Å². The van der Waals surface area contributed by atoms with Crippen LogP contribution in [-0.2, 0) is 11.8 Å². The van der Waals surface area contributed by atoms with Gasteiger partial charge < -0.3 is 15.0 Å². The molecule has 0 unspecified atom stereocenters. The number of carbonyl (C=O) groups excluding carboxylic acids is 1. The highest BCUT2D eigenvalue weighted by atomic mass is 16.5. The van der Waals surface area contributed by atoms with Crippen molar-refractivity contribution in [2.45, 2.75) is 6.92 Å². The lowest BCUT2D eigenvalue weighted by molar-refractivity contribution is 0.0593. The van der Waals surface area contributed by atoms with Crippen molar-refractivity contribution >= 4 is 22.6 Å². The Morgan fingerprint density at radius 3 is 2.83 bits per heavy atom. The molecule has 0 radical (unpaired) electrons. The number of ether oxygens (including phenoxy) is 1. The minimum absolute atomic E-state index is 0.108.